The first-order valence-corrected chi connectivity index (χ1v) is 11.8. The summed E-state index contributed by atoms with van der Waals surface area (Å²) < 4.78 is 10.7. The van der Waals surface area contributed by atoms with Crippen molar-refractivity contribution in [3.8, 4) is 22.1 Å². The average Bonchev–Trinajstić information content (AvgIpc) is 3.59. The number of aryl methyl sites for hydroxylation is 1. The summed E-state index contributed by atoms with van der Waals surface area (Å²) in [5, 5.41) is 14.0. The highest BCUT2D eigenvalue weighted by molar-refractivity contribution is 7.13. The molecule has 4 aromatic rings. The predicted octanol–water partition coefficient (Wildman–Crippen LogP) is 3.19. The third-order valence-corrected chi connectivity index (χ3v) is 6.64. The number of piperazine rings is 1. The van der Waals surface area contributed by atoms with Crippen LogP contribution in [0.2, 0.25) is 0 Å². The van der Waals surface area contributed by atoms with E-state index in [0.717, 1.165) is 23.5 Å². The molecule has 0 bridgehead atoms. The fourth-order valence-corrected chi connectivity index (χ4v) is 4.69. The van der Waals surface area contributed by atoms with Gasteiger partial charge in [-0.05, 0) is 22.9 Å². The molecule has 0 aromatic carbocycles. The molecule has 11 heteroatoms. The Hall–Kier alpha value is -2.89. The van der Waals surface area contributed by atoms with Gasteiger partial charge in [-0.25, -0.2) is 0 Å². The van der Waals surface area contributed by atoms with Crippen LogP contribution in [0, 0.1) is 0 Å². The standard InChI is InChI=1S/C20H20N6O3S2/c27-18(4-3-16-21-19(23-28-16)14-5-11-30-13-14)26-8-6-25(7-9-26)12-17-22-20(24-29-17)15-2-1-10-31-15/h1-2,5,10-11,13H,3-4,6-9,12H2. The van der Waals surface area contributed by atoms with E-state index in [4.69, 9.17) is 9.05 Å². The summed E-state index contributed by atoms with van der Waals surface area (Å²) >= 11 is 3.17. The predicted molar refractivity (Wildman–Crippen MR) is 115 cm³/mol. The van der Waals surface area contributed by atoms with Crippen molar-refractivity contribution in [2.75, 3.05) is 26.2 Å². The molecule has 1 saturated heterocycles. The van der Waals surface area contributed by atoms with E-state index in [1.54, 1.807) is 22.7 Å². The number of carbonyl (C=O) groups excluding carboxylic acids is 1. The van der Waals surface area contributed by atoms with Crippen LogP contribution < -0.4 is 0 Å². The van der Waals surface area contributed by atoms with Crippen molar-refractivity contribution in [2.24, 2.45) is 0 Å². The number of hydrogen-bond acceptors (Lipinski definition) is 10. The SMILES string of the molecule is O=C(CCc1nc(-c2ccsc2)no1)N1CCN(Cc2nc(-c3cccs3)no2)CC1. The fourth-order valence-electron chi connectivity index (χ4n) is 3.41. The molecule has 4 aromatic heterocycles. The smallest absolute Gasteiger partial charge is 0.241 e. The lowest BCUT2D eigenvalue weighted by molar-refractivity contribution is -0.133. The van der Waals surface area contributed by atoms with Crippen LogP contribution in [0.4, 0.5) is 0 Å². The van der Waals surface area contributed by atoms with Crippen molar-refractivity contribution in [3.05, 3.63) is 46.1 Å². The lowest BCUT2D eigenvalue weighted by Crippen LogP contribution is -2.48. The quantitative estimate of drug-likeness (QED) is 0.418. The van der Waals surface area contributed by atoms with E-state index < -0.39 is 0 Å². The van der Waals surface area contributed by atoms with E-state index in [1.165, 1.54) is 0 Å². The van der Waals surface area contributed by atoms with Gasteiger partial charge in [0.25, 0.3) is 0 Å². The van der Waals surface area contributed by atoms with Crippen molar-refractivity contribution < 1.29 is 13.8 Å². The van der Waals surface area contributed by atoms with Crippen LogP contribution >= 0.6 is 22.7 Å². The van der Waals surface area contributed by atoms with Crippen LogP contribution in [0.1, 0.15) is 18.2 Å². The summed E-state index contributed by atoms with van der Waals surface area (Å²) in [4.78, 5) is 26.5. The molecule has 1 fully saturated rings. The number of hydrogen-bond donors (Lipinski definition) is 0. The molecular weight excluding hydrogens is 436 g/mol. The summed E-state index contributed by atoms with van der Waals surface area (Å²) in [6, 6.07) is 5.88. The van der Waals surface area contributed by atoms with Crippen molar-refractivity contribution in [3.63, 3.8) is 0 Å². The minimum absolute atomic E-state index is 0.104. The van der Waals surface area contributed by atoms with Crippen molar-refractivity contribution in [1.82, 2.24) is 30.1 Å². The topological polar surface area (TPSA) is 101 Å². The lowest BCUT2D eigenvalue weighted by atomic mass is 10.2. The molecule has 0 radical (unpaired) electrons. The van der Waals surface area contributed by atoms with Gasteiger partial charge in [-0.1, -0.05) is 16.4 Å². The number of aromatic nitrogens is 4. The van der Waals surface area contributed by atoms with Crippen molar-refractivity contribution in [2.45, 2.75) is 19.4 Å². The minimum atomic E-state index is 0.104. The largest absolute Gasteiger partial charge is 0.340 e. The number of nitrogens with zero attached hydrogens (tertiary/aromatic N) is 6. The molecule has 1 aliphatic rings. The molecule has 5 heterocycles. The number of thiophene rings is 2. The Morgan fingerprint density at radius 3 is 2.58 bits per heavy atom. The van der Waals surface area contributed by atoms with E-state index in [-0.39, 0.29) is 5.91 Å². The van der Waals surface area contributed by atoms with Gasteiger partial charge in [0.15, 0.2) is 0 Å². The molecule has 9 nitrogen and oxygen atoms in total. The number of carbonyl (C=O) groups is 1. The maximum absolute atomic E-state index is 12.6. The highest BCUT2D eigenvalue weighted by atomic mass is 32.1. The van der Waals surface area contributed by atoms with Gasteiger partial charge in [0.2, 0.25) is 29.3 Å². The zero-order valence-corrected chi connectivity index (χ0v) is 18.3. The molecule has 0 unspecified atom stereocenters. The Morgan fingerprint density at radius 2 is 1.81 bits per heavy atom. The summed E-state index contributed by atoms with van der Waals surface area (Å²) in [7, 11) is 0. The third kappa shape index (κ3) is 4.73. The van der Waals surface area contributed by atoms with Gasteiger partial charge in [0.1, 0.15) is 0 Å². The lowest BCUT2D eigenvalue weighted by Gasteiger charge is -2.33. The number of rotatable bonds is 7. The van der Waals surface area contributed by atoms with Gasteiger partial charge in [-0.2, -0.15) is 21.3 Å². The van der Waals surface area contributed by atoms with Gasteiger partial charge in [-0.3, -0.25) is 9.69 Å². The molecule has 1 amide bonds. The Morgan fingerprint density at radius 1 is 1.00 bits per heavy atom. The van der Waals surface area contributed by atoms with Gasteiger partial charge < -0.3 is 13.9 Å². The van der Waals surface area contributed by atoms with Gasteiger partial charge >= 0.3 is 0 Å². The van der Waals surface area contributed by atoms with E-state index in [0.29, 0.717) is 55.9 Å². The second kappa shape index (κ2) is 9.08. The first-order valence-electron chi connectivity index (χ1n) is 9.96. The van der Waals surface area contributed by atoms with E-state index in [2.05, 4.69) is 25.2 Å². The number of amides is 1. The van der Waals surface area contributed by atoms with E-state index >= 15 is 0 Å². The molecule has 0 aliphatic carbocycles. The summed E-state index contributed by atoms with van der Waals surface area (Å²) in [6.45, 7) is 3.48. The normalized spacial score (nSPS) is 14.9. The van der Waals surface area contributed by atoms with Gasteiger partial charge in [0.05, 0.1) is 11.4 Å². The van der Waals surface area contributed by atoms with Gasteiger partial charge in [-0.15, -0.1) is 11.3 Å². The second-order valence-corrected chi connectivity index (χ2v) is 8.90. The molecule has 0 atom stereocenters. The summed E-state index contributed by atoms with van der Waals surface area (Å²) in [5.74, 6) is 2.39. The van der Waals surface area contributed by atoms with Gasteiger partial charge in [0, 0.05) is 50.0 Å². The van der Waals surface area contributed by atoms with E-state index in [1.807, 2.05) is 39.2 Å². The average molecular weight is 457 g/mol. The summed E-state index contributed by atoms with van der Waals surface area (Å²) in [6.07, 6.45) is 0.808. The Labute approximate surface area is 186 Å². The zero-order chi connectivity index (χ0) is 21.0. The highest BCUT2D eigenvalue weighted by Gasteiger charge is 2.23. The zero-order valence-electron chi connectivity index (χ0n) is 16.6. The molecule has 0 N–H and O–H groups in total. The molecule has 1 aliphatic heterocycles. The van der Waals surface area contributed by atoms with Crippen LogP contribution in [0.5, 0.6) is 0 Å². The highest BCUT2D eigenvalue weighted by Crippen LogP contribution is 2.22. The second-order valence-electron chi connectivity index (χ2n) is 7.17. The molecule has 31 heavy (non-hydrogen) atoms. The van der Waals surface area contributed by atoms with Crippen LogP contribution in [0.15, 0.2) is 43.4 Å². The van der Waals surface area contributed by atoms with Crippen LogP contribution in [-0.2, 0) is 17.8 Å². The molecular formula is C20H20N6O3S2. The van der Waals surface area contributed by atoms with Crippen LogP contribution in [0.25, 0.3) is 22.1 Å². The van der Waals surface area contributed by atoms with Crippen molar-refractivity contribution >= 4 is 28.6 Å². The molecule has 160 valence electrons. The maximum atomic E-state index is 12.6. The third-order valence-electron chi connectivity index (χ3n) is 5.09. The van der Waals surface area contributed by atoms with Crippen LogP contribution in [0.3, 0.4) is 0 Å². The monoisotopic (exact) mass is 456 g/mol. The Bertz CT molecular complexity index is 1110. The molecule has 0 spiro atoms. The molecule has 5 rings (SSSR count). The van der Waals surface area contributed by atoms with Crippen LogP contribution in [-0.4, -0.2) is 62.2 Å². The molecule has 0 saturated carbocycles. The van der Waals surface area contributed by atoms with Crippen molar-refractivity contribution in [1.29, 1.82) is 0 Å². The first-order chi connectivity index (χ1) is 15.2. The van der Waals surface area contributed by atoms with E-state index in [9.17, 15) is 4.79 Å². The Kier molecular flexibility index (Phi) is 5.87. The Balaban J connectivity index is 1.08. The first kappa shape index (κ1) is 20.0. The fraction of sp³-hybridized carbons (Fsp3) is 0.350. The minimum Gasteiger partial charge on any atom is -0.340 e. The summed E-state index contributed by atoms with van der Waals surface area (Å²) in [5.41, 5.74) is 0.936. The maximum Gasteiger partial charge on any atom is 0.241 e.